The Bertz CT molecular complexity index is 886. The minimum Gasteiger partial charge on any atom is -0.493 e. The molecular formula is C22H31NO10. The summed E-state index contributed by atoms with van der Waals surface area (Å²) in [5.74, 6) is -1.39. The molecule has 0 radical (unpaired) electrons. The minimum absolute atomic E-state index is 0.0983. The first kappa shape index (κ1) is 27.8. The van der Waals surface area contributed by atoms with Crippen LogP contribution in [0.4, 0.5) is 5.69 Å². The van der Waals surface area contributed by atoms with Crippen LogP contribution in [0.1, 0.15) is 52.5 Å². The zero-order valence-corrected chi connectivity index (χ0v) is 19.8. The summed E-state index contributed by atoms with van der Waals surface area (Å²) in [6.07, 6.45) is -0.167. The fraction of sp³-hybridized carbons (Fsp3) is 0.591. The van der Waals surface area contributed by atoms with Crippen molar-refractivity contribution in [1.29, 1.82) is 0 Å². The summed E-state index contributed by atoms with van der Waals surface area (Å²) in [6, 6.07) is 2.53. The molecule has 0 amide bonds. The molecule has 0 saturated carbocycles. The van der Waals surface area contributed by atoms with Gasteiger partial charge in [-0.25, -0.2) is 0 Å². The lowest BCUT2D eigenvalue weighted by molar-refractivity contribution is -0.385. The van der Waals surface area contributed by atoms with E-state index in [2.05, 4.69) is 0 Å². The SMILES string of the molecule is COc1cc(COC(=O)CCCC(=O)OC[C@](C)(O)C(=O)C(C)(C)C)c([N+](=O)[O-])cc1OC. The molecule has 0 saturated heterocycles. The van der Waals surface area contributed by atoms with Crippen LogP contribution in [-0.4, -0.2) is 54.2 Å². The van der Waals surface area contributed by atoms with Gasteiger partial charge >= 0.3 is 11.9 Å². The summed E-state index contributed by atoms with van der Waals surface area (Å²) >= 11 is 0. The van der Waals surface area contributed by atoms with Crippen molar-refractivity contribution in [1.82, 2.24) is 0 Å². The number of ether oxygens (including phenoxy) is 4. The highest BCUT2D eigenvalue weighted by Crippen LogP contribution is 2.34. The Morgan fingerprint density at radius 2 is 1.48 bits per heavy atom. The minimum atomic E-state index is -1.82. The molecule has 1 aromatic carbocycles. The van der Waals surface area contributed by atoms with Gasteiger partial charge in [0.05, 0.1) is 30.8 Å². The predicted octanol–water partition coefficient (Wildman–Crippen LogP) is 2.73. The maximum absolute atomic E-state index is 12.2. The number of benzene rings is 1. The van der Waals surface area contributed by atoms with Crippen molar-refractivity contribution in [2.24, 2.45) is 5.41 Å². The van der Waals surface area contributed by atoms with Gasteiger partial charge in [-0.3, -0.25) is 24.5 Å². The van der Waals surface area contributed by atoms with E-state index in [-0.39, 0.29) is 48.6 Å². The van der Waals surface area contributed by atoms with E-state index in [0.717, 1.165) is 0 Å². The largest absolute Gasteiger partial charge is 0.493 e. The van der Waals surface area contributed by atoms with E-state index >= 15 is 0 Å². The first-order valence-corrected chi connectivity index (χ1v) is 10.2. The molecule has 0 heterocycles. The van der Waals surface area contributed by atoms with Gasteiger partial charge in [-0.15, -0.1) is 0 Å². The first-order valence-electron chi connectivity index (χ1n) is 10.2. The predicted molar refractivity (Wildman–Crippen MR) is 116 cm³/mol. The zero-order valence-electron chi connectivity index (χ0n) is 19.8. The molecule has 33 heavy (non-hydrogen) atoms. The molecule has 0 bridgehead atoms. The molecular weight excluding hydrogens is 438 g/mol. The number of esters is 2. The molecule has 11 heteroatoms. The number of carbonyl (C=O) groups is 3. The van der Waals surface area contributed by atoms with E-state index < -0.39 is 40.3 Å². The van der Waals surface area contributed by atoms with Gasteiger partial charge in [0.2, 0.25) is 0 Å². The molecule has 1 N–H and O–H groups in total. The number of hydrogen-bond donors (Lipinski definition) is 1. The average Bonchev–Trinajstić information content (AvgIpc) is 2.74. The Labute approximate surface area is 192 Å². The monoisotopic (exact) mass is 469 g/mol. The van der Waals surface area contributed by atoms with Crippen LogP contribution in [0.15, 0.2) is 12.1 Å². The number of nitro benzene ring substituents is 1. The van der Waals surface area contributed by atoms with Crippen LogP contribution >= 0.6 is 0 Å². The fourth-order valence-corrected chi connectivity index (χ4v) is 2.97. The molecule has 0 unspecified atom stereocenters. The van der Waals surface area contributed by atoms with Crippen molar-refractivity contribution in [3.63, 3.8) is 0 Å². The molecule has 0 aliphatic heterocycles. The number of rotatable bonds is 12. The number of carbonyl (C=O) groups excluding carboxylic acids is 3. The highest BCUT2D eigenvalue weighted by atomic mass is 16.6. The fourth-order valence-electron chi connectivity index (χ4n) is 2.97. The van der Waals surface area contributed by atoms with Crippen LogP contribution in [0.5, 0.6) is 11.5 Å². The summed E-state index contributed by atoms with van der Waals surface area (Å²) in [6.45, 7) is 5.36. The topological polar surface area (TPSA) is 152 Å². The molecule has 0 aliphatic rings. The second kappa shape index (κ2) is 11.6. The smallest absolute Gasteiger partial charge is 0.306 e. The lowest BCUT2D eigenvalue weighted by Crippen LogP contribution is -2.46. The van der Waals surface area contributed by atoms with E-state index in [1.807, 2.05) is 0 Å². The Kier molecular flexibility index (Phi) is 9.78. The highest BCUT2D eigenvalue weighted by molar-refractivity contribution is 5.91. The normalized spacial score (nSPS) is 12.9. The molecule has 0 aromatic heterocycles. The van der Waals surface area contributed by atoms with E-state index in [1.165, 1.54) is 33.3 Å². The molecule has 0 spiro atoms. The average molecular weight is 469 g/mol. The van der Waals surface area contributed by atoms with Gasteiger partial charge < -0.3 is 24.1 Å². The summed E-state index contributed by atoms with van der Waals surface area (Å²) in [5, 5.41) is 21.5. The summed E-state index contributed by atoms with van der Waals surface area (Å²) in [7, 11) is 2.72. The third kappa shape index (κ3) is 8.33. The van der Waals surface area contributed by atoms with Crippen molar-refractivity contribution < 1.29 is 43.4 Å². The molecule has 1 rings (SSSR count). The quantitative estimate of drug-likeness (QED) is 0.275. The van der Waals surface area contributed by atoms with Crippen LogP contribution in [-0.2, 0) is 30.5 Å². The van der Waals surface area contributed by atoms with Crippen molar-refractivity contribution >= 4 is 23.4 Å². The van der Waals surface area contributed by atoms with Crippen LogP contribution < -0.4 is 9.47 Å². The van der Waals surface area contributed by atoms with Crippen molar-refractivity contribution in [2.45, 2.75) is 59.2 Å². The zero-order chi connectivity index (χ0) is 25.4. The molecule has 1 atom stereocenters. The second-order valence-corrected chi connectivity index (χ2v) is 8.62. The Hall–Kier alpha value is -3.21. The first-order chi connectivity index (χ1) is 15.2. The van der Waals surface area contributed by atoms with Gasteiger partial charge in [-0.2, -0.15) is 0 Å². The van der Waals surface area contributed by atoms with Gasteiger partial charge in [0.15, 0.2) is 22.9 Å². The number of Topliss-reactive ketones (excluding diaryl/α,β-unsaturated/α-hetero) is 1. The van der Waals surface area contributed by atoms with Crippen LogP contribution in [0, 0.1) is 15.5 Å². The van der Waals surface area contributed by atoms with Gasteiger partial charge in [0.25, 0.3) is 5.69 Å². The Morgan fingerprint density at radius 3 is 1.97 bits per heavy atom. The standard InChI is InChI=1S/C22H31NO10/c1-21(2,3)20(26)22(4,27)13-33-19(25)9-7-8-18(24)32-12-14-10-16(30-5)17(31-6)11-15(14)23(28)29/h10-11,27H,7-9,12-13H2,1-6H3/t22-/m0/s1. The van der Waals surface area contributed by atoms with Gasteiger partial charge in [-0.1, -0.05) is 20.8 Å². The Balaban J connectivity index is 2.55. The van der Waals surface area contributed by atoms with Crippen LogP contribution in [0.2, 0.25) is 0 Å². The highest BCUT2D eigenvalue weighted by Gasteiger charge is 2.39. The number of aliphatic hydroxyl groups is 1. The van der Waals surface area contributed by atoms with Crippen LogP contribution in [0.25, 0.3) is 0 Å². The second-order valence-electron chi connectivity index (χ2n) is 8.62. The molecule has 184 valence electrons. The lowest BCUT2D eigenvalue weighted by Gasteiger charge is -2.28. The Morgan fingerprint density at radius 1 is 0.970 bits per heavy atom. The third-order valence-electron chi connectivity index (χ3n) is 4.62. The van der Waals surface area contributed by atoms with E-state index in [9.17, 15) is 29.6 Å². The van der Waals surface area contributed by atoms with Crippen molar-refractivity contribution in [3.8, 4) is 11.5 Å². The molecule has 0 fully saturated rings. The molecule has 1 aromatic rings. The number of ketones is 1. The van der Waals surface area contributed by atoms with E-state index in [1.54, 1.807) is 20.8 Å². The van der Waals surface area contributed by atoms with Crippen molar-refractivity contribution in [2.75, 3.05) is 20.8 Å². The van der Waals surface area contributed by atoms with E-state index in [4.69, 9.17) is 18.9 Å². The maximum Gasteiger partial charge on any atom is 0.306 e. The van der Waals surface area contributed by atoms with Crippen LogP contribution in [0.3, 0.4) is 0 Å². The summed E-state index contributed by atoms with van der Waals surface area (Å²) < 4.78 is 20.2. The van der Waals surface area contributed by atoms with Gasteiger partial charge in [0.1, 0.15) is 13.2 Å². The number of nitrogens with zero attached hydrogens (tertiary/aromatic N) is 1. The number of hydrogen-bond acceptors (Lipinski definition) is 10. The van der Waals surface area contributed by atoms with Crippen molar-refractivity contribution in [3.05, 3.63) is 27.8 Å². The summed E-state index contributed by atoms with van der Waals surface area (Å²) in [4.78, 5) is 46.7. The van der Waals surface area contributed by atoms with Gasteiger partial charge in [0, 0.05) is 18.3 Å². The summed E-state index contributed by atoms with van der Waals surface area (Å²) in [5.41, 5.74) is -2.79. The maximum atomic E-state index is 12.2. The molecule has 11 nitrogen and oxygen atoms in total. The van der Waals surface area contributed by atoms with E-state index in [0.29, 0.717) is 0 Å². The third-order valence-corrected chi connectivity index (χ3v) is 4.62. The van der Waals surface area contributed by atoms with Gasteiger partial charge in [-0.05, 0) is 19.4 Å². The number of methoxy groups -OCH3 is 2. The lowest BCUT2D eigenvalue weighted by atomic mass is 9.81. The molecule has 0 aliphatic carbocycles. The number of nitro groups is 1.